The molecular formula is C17H16F3N3O2S. The fraction of sp³-hybridized carbons (Fsp3) is 0.353. The van der Waals surface area contributed by atoms with Gasteiger partial charge >= 0.3 is 6.18 Å². The van der Waals surface area contributed by atoms with Gasteiger partial charge in [-0.2, -0.15) is 13.2 Å². The summed E-state index contributed by atoms with van der Waals surface area (Å²) in [7, 11) is 0. The van der Waals surface area contributed by atoms with E-state index in [-0.39, 0.29) is 30.5 Å². The van der Waals surface area contributed by atoms with Crippen LogP contribution in [0.15, 0.2) is 35.8 Å². The number of halogens is 3. The highest BCUT2D eigenvalue weighted by atomic mass is 32.1. The number of benzene rings is 1. The molecule has 138 valence electrons. The van der Waals surface area contributed by atoms with Crippen LogP contribution in [0.4, 0.5) is 18.3 Å². The topological polar surface area (TPSA) is 62.3 Å². The van der Waals surface area contributed by atoms with Crippen molar-refractivity contribution in [1.29, 1.82) is 0 Å². The molecule has 1 fully saturated rings. The summed E-state index contributed by atoms with van der Waals surface area (Å²) in [5.74, 6) is -1.12. The van der Waals surface area contributed by atoms with Crippen molar-refractivity contribution in [2.45, 2.75) is 19.0 Å². The van der Waals surface area contributed by atoms with Crippen molar-refractivity contribution < 1.29 is 22.8 Å². The molecule has 0 aliphatic carbocycles. The Morgan fingerprint density at radius 2 is 1.88 bits per heavy atom. The van der Waals surface area contributed by atoms with Gasteiger partial charge in [0.15, 0.2) is 5.13 Å². The second-order valence-corrected chi connectivity index (χ2v) is 6.83. The monoisotopic (exact) mass is 383 g/mol. The van der Waals surface area contributed by atoms with Crippen molar-refractivity contribution in [3.8, 4) is 0 Å². The number of thiazole rings is 1. The number of carbonyl (C=O) groups excluding carboxylic acids is 2. The van der Waals surface area contributed by atoms with E-state index >= 15 is 0 Å². The number of aromatic nitrogens is 1. The molecule has 26 heavy (non-hydrogen) atoms. The first kappa shape index (κ1) is 18.4. The van der Waals surface area contributed by atoms with Gasteiger partial charge < -0.3 is 10.2 Å². The van der Waals surface area contributed by atoms with Crippen molar-refractivity contribution in [3.63, 3.8) is 0 Å². The van der Waals surface area contributed by atoms with E-state index in [2.05, 4.69) is 10.3 Å². The molecular weight excluding hydrogens is 367 g/mol. The van der Waals surface area contributed by atoms with E-state index in [1.807, 2.05) is 0 Å². The predicted octanol–water partition coefficient (Wildman–Crippen LogP) is 3.65. The molecule has 2 heterocycles. The van der Waals surface area contributed by atoms with Gasteiger partial charge in [-0.25, -0.2) is 4.98 Å². The fourth-order valence-electron chi connectivity index (χ4n) is 2.92. The Kier molecular flexibility index (Phi) is 5.26. The predicted molar refractivity (Wildman–Crippen MR) is 90.8 cm³/mol. The van der Waals surface area contributed by atoms with Crippen LogP contribution in [0.1, 0.15) is 28.8 Å². The summed E-state index contributed by atoms with van der Waals surface area (Å²) in [4.78, 5) is 30.1. The van der Waals surface area contributed by atoms with Gasteiger partial charge in [0, 0.05) is 30.6 Å². The summed E-state index contributed by atoms with van der Waals surface area (Å²) in [6, 6.07) is 4.76. The normalized spacial score (nSPS) is 15.7. The Morgan fingerprint density at radius 1 is 1.19 bits per heavy atom. The van der Waals surface area contributed by atoms with Crippen molar-refractivity contribution >= 4 is 28.3 Å². The summed E-state index contributed by atoms with van der Waals surface area (Å²) >= 11 is 1.31. The van der Waals surface area contributed by atoms with E-state index in [0.717, 1.165) is 6.07 Å². The molecule has 5 nitrogen and oxygen atoms in total. The minimum atomic E-state index is -4.59. The molecule has 2 aromatic rings. The molecule has 1 aliphatic heterocycles. The van der Waals surface area contributed by atoms with E-state index in [9.17, 15) is 22.8 Å². The summed E-state index contributed by atoms with van der Waals surface area (Å²) in [5, 5.41) is 4.96. The average Bonchev–Trinajstić information content (AvgIpc) is 3.13. The standard InChI is InChI=1S/C17H16F3N3O2S/c18-17(19,20)13-4-2-1-3-12(13)15(25)23-8-5-11(6-9-23)14(24)22-16-21-7-10-26-16/h1-4,7,10-11H,5-6,8-9H2,(H,21,22,24). The summed E-state index contributed by atoms with van der Waals surface area (Å²) in [6.45, 7) is 0.474. The zero-order valence-corrected chi connectivity index (χ0v) is 14.4. The Morgan fingerprint density at radius 3 is 2.50 bits per heavy atom. The van der Waals surface area contributed by atoms with Crippen LogP contribution in [0.2, 0.25) is 0 Å². The first-order chi connectivity index (χ1) is 12.4. The zero-order valence-electron chi connectivity index (χ0n) is 13.6. The van der Waals surface area contributed by atoms with Crippen molar-refractivity contribution in [2.24, 2.45) is 5.92 Å². The summed E-state index contributed by atoms with van der Waals surface area (Å²) in [6.07, 6.45) is -2.20. The van der Waals surface area contributed by atoms with E-state index in [1.54, 1.807) is 11.6 Å². The van der Waals surface area contributed by atoms with Gasteiger partial charge in [-0.05, 0) is 25.0 Å². The highest BCUT2D eigenvalue weighted by Crippen LogP contribution is 2.33. The lowest BCUT2D eigenvalue weighted by molar-refractivity contribution is -0.138. The molecule has 9 heteroatoms. The average molecular weight is 383 g/mol. The number of carbonyl (C=O) groups is 2. The summed E-state index contributed by atoms with van der Waals surface area (Å²) in [5.41, 5.74) is -1.29. The van der Waals surface area contributed by atoms with Gasteiger partial charge in [-0.15, -0.1) is 11.3 Å². The Hall–Kier alpha value is -2.42. The number of hydrogen-bond acceptors (Lipinski definition) is 4. The van der Waals surface area contributed by atoms with E-state index in [4.69, 9.17) is 0 Å². The largest absolute Gasteiger partial charge is 0.417 e. The number of alkyl halides is 3. The van der Waals surface area contributed by atoms with Gasteiger partial charge in [0.25, 0.3) is 5.91 Å². The minimum absolute atomic E-state index is 0.178. The van der Waals surface area contributed by atoms with Gasteiger partial charge in [-0.3, -0.25) is 9.59 Å². The number of hydrogen-bond donors (Lipinski definition) is 1. The van der Waals surface area contributed by atoms with Gasteiger partial charge in [-0.1, -0.05) is 12.1 Å². The molecule has 0 spiro atoms. The fourth-order valence-corrected chi connectivity index (χ4v) is 3.46. The second-order valence-electron chi connectivity index (χ2n) is 5.94. The van der Waals surface area contributed by atoms with Gasteiger partial charge in [0.2, 0.25) is 5.91 Å². The molecule has 0 radical (unpaired) electrons. The van der Waals surface area contributed by atoms with Crippen LogP contribution in [-0.4, -0.2) is 34.8 Å². The third-order valence-corrected chi connectivity index (χ3v) is 4.97. The number of nitrogens with zero attached hydrogens (tertiary/aromatic N) is 2. The quantitative estimate of drug-likeness (QED) is 0.880. The number of rotatable bonds is 3. The van der Waals surface area contributed by atoms with Crippen LogP contribution in [0, 0.1) is 5.92 Å². The first-order valence-corrected chi connectivity index (χ1v) is 8.90. The lowest BCUT2D eigenvalue weighted by Crippen LogP contribution is -2.42. The number of anilines is 1. The van der Waals surface area contributed by atoms with Crippen molar-refractivity contribution in [3.05, 3.63) is 47.0 Å². The third-order valence-electron chi connectivity index (χ3n) is 4.28. The molecule has 1 aliphatic rings. The van der Waals surface area contributed by atoms with Gasteiger partial charge in [0.05, 0.1) is 11.1 Å². The molecule has 1 aromatic heterocycles. The molecule has 3 rings (SSSR count). The molecule has 2 amide bonds. The van der Waals surface area contributed by atoms with E-state index in [1.165, 1.54) is 34.4 Å². The maximum atomic E-state index is 13.1. The molecule has 1 N–H and O–H groups in total. The lowest BCUT2D eigenvalue weighted by Gasteiger charge is -2.31. The second kappa shape index (κ2) is 7.45. The van der Waals surface area contributed by atoms with Gasteiger partial charge in [0.1, 0.15) is 0 Å². The Bertz CT molecular complexity index is 785. The van der Waals surface area contributed by atoms with Crippen LogP contribution in [0.5, 0.6) is 0 Å². The molecule has 0 saturated carbocycles. The third kappa shape index (κ3) is 4.04. The molecule has 0 bridgehead atoms. The van der Waals surface area contributed by atoms with E-state index in [0.29, 0.717) is 18.0 Å². The lowest BCUT2D eigenvalue weighted by atomic mass is 9.95. The maximum absolute atomic E-state index is 13.1. The Labute approximate surface area is 151 Å². The molecule has 0 unspecified atom stereocenters. The van der Waals surface area contributed by atoms with Crippen LogP contribution in [-0.2, 0) is 11.0 Å². The van der Waals surface area contributed by atoms with Crippen LogP contribution in [0.25, 0.3) is 0 Å². The maximum Gasteiger partial charge on any atom is 0.417 e. The number of piperidine rings is 1. The Balaban J connectivity index is 1.63. The highest BCUT2D eigenvalue weighted by molar-refractivity contribution is 7.13. The van der Waals surface area contributed by atoms with Crippen LogP contribution in [0.3, 0.4) is 0 Å². The molecule has 1 aromatic carbocycles. The molecule has 1 saturated heterocycles. The highest BCUT2D eigenvalue weighted by Gasteiger charge is 2.37. The van der Waals surface area contributed by atoms with Crippen molar-refractivity contribution in [2.75, 3.05) is 18.4 Å². The summed E-state index contributed by atoms with van der Waals surface area (Å²) < 4.78 is 39.3. The van der Waals surface area contributed by atoms with Crippen LogP contribution < -0.4 is 5.32 Å². The molecule has 0 atom stereocenters. The zero-order chi connectivity index (χ0) is 18.7. The smallest absolute Gasteiger partial charge is 0.339 e. The van der Waals surface area contributed by atoms with Crippen LogP contribution >= 0.6 is 11.3 Å². The minimum Gasteiger partial charge on any atom is -0.339 e. The SMILES string of the molecule is O=C(Nc1nccs1)C1CCN(C(=O)c2ccccc2C(F)(F)F)CC1. The number of likely N-dealkylation sites (tertiary alicyclic amines) is 1. The van der Waals surface area contributed by atoms with Crippen molar-refractivity contribution in [1.82, 2.24) is 9.88 Å². The first-order valence-electron chi connectivity index (χ1n) is 8.02. The number of nitrogens with one attached hydrogen (secondary N) is 1. The number of amides is 2. The van der Waals surface area contributed by atoms with E-state index < -0.39 is 17.6 Å².